The molecule has 2 rings (SSSR count). The van der Waals surface area contributed by atoms with E-state index in [0.717, 1.165) is 31.6 Å². The molecule has 0 radical (unpaired) electrons. The molecular weight excluding hydrogens is 324 g/mol. The first-order valence-corrected chi connectivity index (χ1v) is 10.5. The quantitative estimate of drug-likeness (QED) is 0.412. The van der Waals surface area contributed by atoms with Crippen molar-refractivity contribution in [3.63, 3.8) is 0 Å². The third-order valence-corrected chi connectivity index (χ3v) is 5.33. The number of aliphatic hydroxyl groups excluding tert-OH is 1. The fourth-order valence-electron chi connectivity index (χ4n) is 3.80. The molecular formula is C22H38N2O2. The number of unbranched alkanes of at least 4 members (excludes halogenated alkanes) is 4. The molecule has 1 aliphatic rings. The number of benzene rings is 1. The molecule has 148 valence electrons. The molecule has 1 heterocycles. The standard InChI is InChI=1S/C22H38N2O2/c1-3-4-5-6-7-10-22(25)23-20(18-24-15-8-9-16-24)17-19-11-13-21(26-2)14-12-19/h11-14,20,22-23,25H,3-10,15-18H2,1-2H3/t20-,22+/m0/s1. The number of ether oxygens (including phenoxy) is 1. The lowest BCUT2D eigenvalue weighted by molar-refractivity contribution is 0.101. The first-order chi connectivity index (χ1) is 12.7. The van der Waals surface area contributed by atoms with Gasteiger partial charge in [0, 0.05) is 12.6 Å². The van der Waals surface area contributed by atoms with Crippen molar-refractivity contribution in [3.8, 4) is 5.75 Å². The number of nitrogens with zero attached hydrogens (tertiary/aromatic N) is 1. The van der Waals surface area contributed by atoms with Gasteiger partial charge in [-0.15, -0.1) is 0 Å². The van der Waals surface area contributed by atoms with Crippen molar-refractivity contribution in [2.75, 3.05) is 26.7 Å². The van der Waals surface area contributed by atoms with Gasteiger partial charge in [0.2, 0.25) is 0 Å². The zero-order valence-electron chi connectivity index (χ0n) is 16.8. The molecule has 4 heteroatoms. The second-order valence-electron chi connectivity index (χ2n) is 7.64. The third kappa shape index (κ3) is 8.07. The Bertz CT molecular complexity index is 472. The molecule has 0 unspecified atom stereocenters. The zero-order chi connectivity index (χ0) is 18.6. The topological polar surface area (TPSA) is 44.7 Å². The predicted molar refractivity (Wildman–Crippen MR) is 109 cm³/mol. The minimum atomic E-state index is -0.400. The summed E-state index contributed by atoms with van der Waals surface area (Å²) in [5, 5.41) is 14.0. The van der Waals surface area contributed by atoms with Crippen LogP contribution in [0.15, 0.2) is 24.3 Å². The highest BCUT2D eigenvalue weighted by Gasteiger charge is 2.20. The van der Waals surface area contributed by atoms with Gasteiger partial charge < -0.3 is 14.7 Å². The smallest absolute Gasteiger partial charge is 0.118 e. The normalized spacial score (nSPS) is 17.3. The van der Waals surface area contributed by atoms with Gasteiger partial charge in [-0.3, -0.25) is 5.32 Å². The number of nitrogens with one attached hydrogen (secondary N) is 1. The van der Waals surface area contributed by atoms with Crippen molar-refractivity contribution in [2.45, 2.75) is 77.0 Å². The van der Waals surface area contributed by atoms with Crippen molar-refractivity contribution < 1.29 is 9.84 Å². The van der Waals surface area contributed by atoms with Crippen LogP contribution in [0.2, 0.25) is 0 Å². The average Bonchev–Trinajstić information content (AvgIpc) is 3.15. The largest absolute Gasteiger partial charge is 0.497 e. The molecule has 1 fully saturated rings. The van der Waals surface area contributed by atoms with E-state index in [0.29, 0.717) is 0 Å². The average molecular weight is 363 g/mol. The van der Waals surface area contributed by atoms with E-state index >= 15 is 0 Å². The van der Waals surface area contributed by atoms with Gasteiger partial charge >= 0.3 is 0 Å². The van der Waals surface area contributed by atoms with E-state index in [1.54, 1.807) is 7.11 Å². The maximum absolute atomic E-state index is 10.5. The van der Waals surface area contributed by atoms with Crippen molar-refractivity contribution in [3.05, 3.63) is 29.8 Å². The SMILES string of the molecule is CCCCCCC[C@@H](O)N[C@@H](Cc1ccc(OC)cc1)CN1CCCC1. The Morgan fingerprint density at radius 1 is 1.08 bits per heavy atom. The first-order valence-electron chi connectivity index (χ1n) is 10.5. The van der Waals surface area contributed by atoms with Crippen molar-refractivity contribution in [1.29, 1.82) is 0 Å². The summed E-state index contributed by atoms with van der Waals surface area (Å²) in [6, 6.07) is 8.59. The molecule has 1 aromatic rings. The van der Waals surface area contributed by atoms with Gasteiger partial charge in [-0.25, -0.2) is 0 Å². The van der Waals surface area contributed by atoms with Gasteiger partial charge in [0.15, 0.2) is 0 Å². The van der Waals surface area contributed by atoms with Crippen LogP contribution in [0.4, 0.5) is 0 Å². The van der Waals surface area contributed by atoms with E-state index < -0.39 is 6.23 Å². The monoisotopic (exact) mass is 362 g/mol. The van der Waals surface area contributed by atoms with Crippen molar-refractivity contribution in [2.24, 2.45) is 0 Å². The Hall–Kier alpha value is -1.10. The summed E-state index contributed by atoms with van der Waals surface area (Å²) in [6.45, 7) is 5.62. The number of methoxy groups -OCH3 is 1. The van der Waals surface area contributed by atoms with Crippen LogP contribution in [0.25, 0.3) is 0 Å². The van der Waals surface area contributed by atoms with Crippen LogP contribution in [0.3, 0.4) is 0 Å². The molecule has 1 aliphatic heterocycles. The van der Waals surface area contributed by atoms with Crippen LogP contribution in [-0.2, 0) is 6.42 Å². The maximum atomic E-state index is 10.5. The van der Waals surface area contributed by atoms with E-state index in [2.05, 4.69) is 29.3 Å². The van der Waals surface area contributed by atoms with E-state index in [-0.39, 0.29) is 6.04 Å². The lowest BCUT2D eigenvalue weighted by Crippen LogP contribution is -2.46. The summed E-state index contributed by atoms with van der Waals surface area (Å²) in [4.78, 5) is 2.52. The lowest BCUT2D eigenvalue weighted by Gasteiger charge is -2.27. The van der Waals surface area contributed by atoms with Crippen LogP contribution < -0.4 is 10.1 Å². The van der Waals surface area contributed by atoms with E-state index in [9.17, 15) is 5.11 Å². The Labute approximate surface area is 159 Å². The summed E-state index contributed by atoms with van der Waals surface area (Å²) in [5.74, 6) is 0.893. The van der Waals surface area contributed by atoms with Gasteiger partial charge in [0.1, 0.15) is 12.0 Å². The molecule has 4 nitrogen and oxygen atoms in total. The second kappa shape index (κ2) is 12.3. The molecule has 2 N–H and O–H groups in total. The number of likely N-dealkylation sites (tertiary alicyclic amines) is 1. The van der Waals surface area contributed by atoms with Gasteiger partial charge in [0.25, 0.3) is 0 Å². The summed E-state index contributed by atoms with van der Waals surface area (Å²) >= 11 is 0. The highest BCUT2D eigenvalue weighted by Crippen LogP contribution is 2.15. The minimum Gasteiger partial charge on any atom is -0.497 e. The van der Waals surface area contributed by atoms with Crippen LogP contribution >= 0.6 is 0 Å². The summed E-state index contributed by atoms with van der Waals surface area (Å²) in [5.41, 5.74) is 1.29. The second-order valence-corrected chi connectivity index (χ2v) is 7.64. The minimum absolute atomic E-state index is 0.284. The highest BCUT2D eigenvalue weighted by atomic mass is 16.5. The lowest BCUT2D eigenvalue weighted by atomic mass is 10.0. The van der Waals surface area contributed by atoms with E-state index in [4.69, 9.17) is 4.74 Å². The summed E-state index contributed by atoms with van der Waals surface area (Å²) < 4.78 is 5.25. The fourth-order valence-corrected chi connectivity index (χ4v) is 3.80. The van der Waals surface area contributed by atoms with E-state index in [1.165, 1.54) is 57.2 Å². The number of rotatable bonds is 13. The Morgan fingerprint density at radius 3 is 2.42 bits per heavy atom. The number of hydrogen-bond donors (Lipinski definition) is 2. The molecule has 0 spiro atoms. The Kier molecular flexibility index (Phi) is 10.0. The van der Waals surface area contributed by atoms with Crippen LogP contribution in [0.5, 0.6) is 5.75 Å². The molecule has 26 heavy (non-hydrogen) atoms. The molecule has 0 aromatic heterocycles. The summed E-state index contributed by atoms with van der Waals surface area (Å²) in [7, 11) is 1.70. The van der Waals surface area contributed by atoms with E-state index in [1.807, 2.05) is 12.1 Å². The third-order valence-electron chi connectivity index (χ3n) is 5.33. The maximum Gasteiger partial charge on any atom is 0.118 e. The van der Waals surface area contributed by atoms with Gasteiger partial charge in [-0.1, -0.05) is 44.7 Å². The molecule has 0 saturated carbocycles. The van der Waals surface area contributed by atoms with Crippen LogP contribution in [0, 0.1) is 0 Å². The van der Waals surface area contributed by atoms with Gasteiger partial charge in [0.05, 0.1) is 7.11 Å². The highest BCUT2D eigenvalue weighted by molar-refractivity contribution is 5.27. The van der Waals surface area contributed by atoms with Crippen molar-refractivity contribution in [1.82, 2.24) is 10.2 Å². The van der Waals surface area contributed by atoms with Crippen molar-refractivity contribution >= 4 is 0 Å². The molecule has 2 atom stereocenters. The Morgan fingerprint density at radius 2 is 1.77 bits per heavy atom. The van der Waals surface area contributed by atoms with Crippen LogP contribution in [-0.4, -0.2) is 49.0 Å². The summed E-state index contributed by atoms with van der Waals surface area (Å²) in [6.07, 6.45) is 10.2. The number of aliphatic hydroxyl groups is 1. The molecule has 0 bridgehead atoms. The Balaban J connectivity index is 1.83. The van der Waals surface area contributed by atoms with Gasteiger partial charge in [-0.05, 0) is 62.9 Å². The molecule has 1 saturated heterocycles. The first kappa shape index (κ1) is 21.2. The molecule has 0 amide bonds. The predicted octanol–water partition coefficient (Wildman–Crippen LogP) is 3.97. The molecule has 0 aliphatic carbocycles. The van der Waals surface area contributed by atoms with Gasteiger partial charge in [-0.2, -0.15) is 0 Å². The zero-order valence-corrected chi connectivity index (χ0v) is 16.8. The fraction of sp³-hybridized carbons (Fsp3) is 0.727. The van der Waals surface area contributed by atoms with Crippen LogP contribution in [0.1, 0.15) is 63.9 Å². The molecule has 1 aromatic carbocycles. The number of hydrogen-bond acceptors (Lipinski definition) is 4.